The Morgan fingerprint density at radius 3 is 2.48 bits per heavy atom. The number of nitrogen functional groups attached to an aromatic ring is 1. The third-order valence-corrected chi connectivity index (χ3v) is 4.42. The molecule has 0 radical (unpaired) electrons. The summed E-state index contributed by atoms with van der Waals surface area (Å²) in [5.41, 5.74) is 10.9. The monoisotopic (exact) mass is 308 g/mol. The summed E-state index contributed by atoms with van der Waals surface area (Å²) in [6.45, 7) is 7.28. The van der Waals surface area contributed by atoms with Gasteiger partial charge in [0, 0.05) is 17.8 Å². The van der Waals surface area contributed by atoms with E-state index < -0.39 is 0 Å². The molecule has 4 nitrogen and oxygen atoms in total. The molecule has 1 aromatic carbocycles. The fraction of sp³-hybridized carbons (Fsp3) is 0.368. The normalized spacial score (nSPS) is 11.5. The van der Waals surface area contributed by atoms with Crippen LogP contribution in [0.2, 0.25) is 0 Å². The average Bonchev–Trinajstić information content (AvgIpc) is 2.88. The van der Waals surface area contributed by atoms with Crippen LogP contribution in [0.5, 0.6) is 0 Å². The molecular formula is C19H24N4. The van der Waals surface area contributed by atoms with Crippen molar-refractivity contribution < 1.29 is 0 Å². The van der Waals surface area contributed by atoms with E-state index in [4.69, 9.17) is 10.7 Å². The maximum absolute atomic E-state index is 5.80. The molecule has 0 bridgehead atoms. The number of pyridine rings is 1. The number of aromatic nitrogens is 3. The number of hydrogen-bond donors (Lipinski definition) is 1. The highest BCUT2D eigenvalue weighted by atomic mass is 15.1. The lowest BCUT2D eigenvalue weighted by Crippen LogP contribution is -2.10. The topological polar surface area (TPSA) is 56.7 Å². The first-order chi connectivity index (χ1) is 11.1. The largest absolute Gasteiger partial charge is 0.399 e. The Morgan fingerprint density at radius 1 is 1.13 bits per heavy atom. The second-order valence-corrected chi connectivity index (χ2v) is 6.17. The average molecular weight is 308 g/mol. The Bertz CT molecular complexity index is 798. The Balaban J connectivity index is 2.11. The lowest BCUT2D eigenvalue weighted by atomic mass is 10.0. The molecule has 0 aliphatic rings. The van der Waals surface area contributed by atoms with Gasteiger partial charge in [-0.2, -0.15) is 0 Å². The number of aryl methyl sites for hydroxylation is 1. The van der Waals surface area contributed by atoms with Crippen molar-refractivity contribution in [1.29, 1.82) is 0 Å². The van der Waals surface area contributed by atoms with E-state index in [0.29, 0.717) is 5.92 Å². The summed E-state index contributed by atoms with van der Waals surface area (Å²) in [4.78, 5) is 9.55. The van der Waals surface area contributed by atoms with Gasteiger partial charge in [0.05, 0.1) is 6.54 Å². The van der Waals surface area contributed by atoms with Crippen molar-refractivity contribution in [3.05, 3.63) is 53.5 Å². The second-order valence-electron chi connectivity index (χ2n) is 6.17. The molecule has 23 heavy (non-hydrogen) atoms. The molecule has 2 N–H and O–H groups in total. The van der Waals surface area contributed by atoms with Gasteiger partial charge < -0.3 is 10.3 Å². The fourth-order valence-corrected chi connectivity index (χ4v) is 3.06. The van der Waals surface area contributed by atoms with Gasteiger partial charge in [-0.15, -0.1) is 0 Å². The fourth-order valence-electron chi connectivity index (χ4n) is 3.06. The maximum atomic E-state index is 5.80. The van der Waals surface area contributed by atoms with E-state index in [1.807, 2.05) is 18.3 Å². The third-order valence-electron chi connectivity index (χ3n) is 4.42. The number of fused-ring (bicyclic) bond motifs is 1. The highest BCUT2D eigenvalue weighted by Crippen LogP contribution is 2.27. The smallest absolute Gasteiger partial charge is 0.160 e. The van der Waals surface area contributed by atoms with Crippen LogP contribution in [0, 0.1) is 6.92 Å². The molecule has 4 heteroatoms. The molecule has 120 valence electrons. The molecule has 2 heterocycles. The van der Waals surface area contributed by atoms with Crippen molar-refractivity contribution in [3.8, 4) is 0 Å². The van der Waals surface area contributed by atoms with E-state index in [-0.39, 0.29) is 0 Å². The van der Waals surface area contributed by atoms with Crippen LogP contribution in [-0.4, -0.2) is 14.5 Å². The van der Waals surface area contributed by atoms with Gasteiger partial charge in [-0.25, -0.2) is 9.97 Å². The van der Waals surface area contributed by atoms with Gasteiger partial charge in [0.25, 0.3) is 0 Å². The van der Waals surface area contributed by atoms with Crippen molar-refractivity contribution in [2.24, 2.45) is 0 Å². The van der Waals surface area contributed by atoms with E-state index in [2.05, 4.69) is 48.5 Å². The van der Waals surface area contributed by atoms with Crippen molar-refractivity contribution in [3.63, 3.8) is 0 Å². The number of imidazole rings is 1. The van der Waals surface area contributed by atoms with E-state index >= 15 is 0 Å². The number of rotatable bonds is 5. The van der Waals surface area contributed by atoms with Gasteiger partial charge in [0.15, 0.2) is 5.65 Å². The molecule has 0 aliphatic carbocycles. The lowest BCUT2D eigenvalue weighted by molar-refractivity contribution is 0.569. The second kappa shape index (κ2) is 6.41. The molecule has 3 rings (SSSR count). The summed E-state index contributed by atoms with van der Waals surface area (Å²) >= 11 is 0. The van der Waals surface area contributed by atoms with Crippen molar-refractivity contribution in [2.75, 3.05) is 5.73 Å². The Labute approximate surface area is 137 Å². The van der Waals surface area contributed by atoms with Gasteiger partial charge in [-0.05, 0) is 49.1 Å². The first-order valence-electron chi connectivity index (χ1n) is 8.29. The number of hydrogen-bond acceptors (Lipinski definition) is 3. The molecule has 0 amide bonds. The molecular weight excluding hydrogens is 284 g/mol. The van der Waals surface area contributed by atoms with Crippen LogP contribution < -0.4 is 5.73 Å². The van der Waals surface area contributed by atoms with E-state index in [1.165, 1.54) is 5.56 Å². The number of nitrogens with zero attached hydrogens (tertiary/aromatic N) is 3. The van der Waals surface area contributed by atoms with Crippen molar-refractivity contribution in [2.45, 2.75) is 46.1 Å². The zero-order valence-electron chi connectivity index (χ0n) is 14.1. The molecule has 0 fully saturated rings. The predicted octanol–water partition coefficient (Wildman–Crippen LogP) is 4.27. The minimum Gasteiger partial charge on any atom is -0.399 e. The van der Waals surface area contributed by atoms with Crippen LogP contribution in [-0.2, 0) is 6.54 Å². The van der Waals surface area contributed by atoms with Crippen LogP contribution in [0.25, 0.3) is 11.2 Å². The van der Waals surface area contributed by atoms with E-state index in [0.717, 1.165) is 47.6 Å². The number of anilines is 1. The maximum Gasteiger partial charge on any atom is 0.160 e. The summed E-state index contributed by atoms with van der Waals surface area (Å²) in [5, 5.41) is 0. The van der Waals surface area contributed by atoms with Crippen LogP contribution in [0.3, 0.4) is 0 Å². The molecule has 2 aromatic heterocycles. The van der Waals surface area contributed by atoms with Crippen LogP contribution in [0.4, 0.5) is 5.69 Å². The summed E-state index contributed by atoms with van der Waals surface area (Å²) < 4.78 is 2.26. The molecule has 0 atom stereocenters. The standard InChI is InChI=1S/C19H24N4/c1-4-15(5-2)18-22-17-10-13(3)11-21-19(17)23(18)12-14-6-8-16(20)9-7-14/h6-11,15H,4-5,12,20H2,1-3H3. The molecule has 0 unspecified atom stereocenters. The van der Waals surface area contributed by atoms with Gasteiger partial charge in [0.2, 0.25) is 0 Å². The SMILES string of the molecule is CCC(CC)c1nc2cc(C)cnc2n1Cc1ccc(N)cc1. The summed E-state index contributed by atoms with van der Waals surface area (Å²) in [5.74, 6) is 1.60. The van der Waals surface area contributed by atoms with Gasteiger partial charge in [-0.1, -0.05) is 26.0 Å². The molecule has 3 aromatic rings. The predicted molar refractivity (Wildman–Crippen MR) is 95.5 cm³/mol. The quantitative estimate of drug-likeness (QED) is 0.716. The number of benzene rings is 1. The molecule has 0 aliphatic heterocycles. The molecule has 0 saturated heterocycles. The minimum atomic E-state index is 0.457. The van der Waals surface area contributed by atoms with Crippen molar-refractivity contribution in [1.82, 2.24) is 14.5 Å². The van der Waals surface area contributed by atoms with E-state index in [9.17, 15) is 0 Å². The molecule has 0 spiro atoms. The zero-order chi connectivity index (χ0) is 16.4. The first-order valence-corrected chi connectivity index (χ1v) is 8.29. The Morgan fingerprint density at radius 2 is 1.83 bits per heavy atom. The van der Waals surface area contributed by atoms with Crippen LogP contribution in [0.1, 0.15) is 49.6 Å². The van der Waals surface area contributed by atoms with E-state index in [1.54, 1.807) is 0 Å². The summed E-state index contributed by atoms with van der Waals surface area (Å²) in [6, 6.07) is 10.2. The highest BCUT2D eigenvalue weighted by Gasteiger charge is 2.18. The summed E-state index contributed by atoms with van der Waals surface area (Å²) in [7, 11) is 0. The Hall–Kier alpha value is -2.36. The van der Waals surface area contributed by atoms with Gasteiger partial charge in [-0.3, -0.25) is 0 Å². The third kappa shape index (κ3) is 3.07. The first kappa shape index (κ1) is 15.5. The minimum absolute atomic E-state index is 0.457. The van der Waals surface area contributed by atoms with Gasteiger partial charge >= 0.3 is 0 Å². The van der Waals surface area contributed by atoms with Crippen LogP contribution in [0.15, 0.2) is 36.5 Å². The summed E-state index contributed by atoms with van der Waals surface area (Å²) in [6.07, 6.45) is 4.08. The highest BCUT2D eigenvalue weighted by molar-refractivity contribution is 5.72. The number of nitrogens with two attached hydrogens (primary N) is 1. The lowest BCUT2D eigenvalue weighted by Gasteiger charge is -2.15. The Kier molecular flexibility index (Phi) is 4.33. The zero-order valence-corrected chi connectivity index (χ0v) is 14.1. The van der Waals surface area contributed by atoms with Crippen molar-refractivity contribution >= 4 is 16.9 Å². The van der Waals surface area contributed by atoms with Crippen LogP contribution >= 0.6 is 0 Å². The molecule has 0 saturated carbocycles. The van der Waals surface area contributed by atoms with Gasteiger partial charge in [0.1, 0.15) is 11.3 Å².